The third-order valence-corrected chi connectivity index (χ3v) is 7.35. The number of benzene rings is 1. The monoisotopic (exact) mass is 414 g/mol. The Labute approximate surface area is 170 Å². The van der Waals surface area contributed by atoms with Gasteiger partial charge in [-0.15, -0.1) is 11.3 Å². The SMILES string of the molecule is CCn1c(=O)/c(=C2\Sc3c(F)cccc3N2C)s/c1=C\c1cccc[n+]1CC. The van der Waals surface area contributed by atoms with Crippen molar-refractivity contribution in [1.29, 1.82) is 0 Å². The molecular weight excluding hydrogens is 393 g/mol. The first-order chi connectivity index (χ1) is 13.5. The Bertz CT molecular complexity index is 1230. The molecule has 0 saturated heterocycles. The van der Waals surface area contributed by atoms with Crippen molar-refractivity contribution < 1.29 is 8.96 Å². The van der Waals surface area contributed by atoms with Crippen LogP contribution in [0.3, 0.4) is 0 Å². The van der Waals surface area contributed by atoms with Crippen molar-refractivity contribution in [3.8, 4) is 0 Å². The molecule has 144 valence electrons. The summed E-state index contributed by atoms with van der Waals surface area (Å²) in [6, 6.07) is 11.1. The molecule has 0 unspecified atom stereocenters. The number of hydrogen-bond donors (Lipinski definition) is 0. The summed E-state index contributed by atoms with van der Waals surface area (Å²) in [6.45, 7) is 5.50. The highest BCUT2D eigenvalue weighted by atomic mass is 32.2. The van der Waals surface area contributed by atoms with Gasteiger partial charge in [-0.1, -0.05) is 17.8 Å². The van der Waals surface area contributed by atoms with Gasteiger partial charge in [-0.05, 0) is 32.0 Å². The van der Waals surface area contributed by atoms with Crippen molar-refractivity contribution in [2.24, 2.45) is 0 Å². The summed E-state index contributed by atoms with van der Waals surface area (Å²) in [6.07, 6.45) is 4.08. The zero-order valence-electron chi connectivity index (χ0n) is 16.0. The fourth-order valence-corrected chi connectivity index (χ4v) is 5.81. The van der Waals surface area contributed by atoms with Gasteiger partial charge in [0.15, 0.2) is 6.20 Å². The average molecular weight is 415 g/mol. The molecule has 4 rings (SSSR count). The van der Waals surface area contributed by atoms with Crippen molar-refractivity contribution in [1.82, 2.24) is 4.57 Å². The molecule has 0 saturated carbocycles. The molecule has 0 fully saturated rings. The summed E-state index contributed by atoms with van der Waals surface area (Å²) in [4.78, 5) is 15.6. The van der Waals surface area contributed by atoms with E-state index in [-0.39, 0.29) is 11.4 Å². The number of thiazole rings is 1. The Morgan fingerprint density at radius 3 is 2.71 bits per heavy atom. The van der Waals surface area contributed by atoms with Crippen LogP contribution in [-0.2, 0) is 13.1 Å². The number of aryl methyl sites for hydroxylation is 1. The van der Waals surface area contributed by atoms with Gasteiger partial charge in [0.05, 0.1) is 10.6 Å². The van der Waals surface area contributed by atoms with Crippen LogP contribution in [0, 0.1) is 5.82 Å². The lowest BCUT2D eigenvalue weighted by atomic mass is 10.3. The second kappa shape index (κ2) is 7.56. The Hall–Kier alpha value is -2.38. The number of hydrogen-bond acceptors (Lipinski definition) is 4. The molecule has 28 heavy (non-hydrogen) atoms. The largest absolute Gasteiger partial charge is 0.337 e. The van der Waals surface area contributed by atoms with Crippen LogP contribution in [0.1, 0.15) is 19.5 Å². The number of aromatic nitrogens is 2. The van der Waals surface area contributed by atoms with E-state index in [1.807, 2.05) is 49.3 Å². The first-order valence-electron chi connectivity index (χ1n) is 9.19. The maximum Gasteiger partial charge on any atom is 0.271 e. The van der Waals surface area contributed by atoms with E-state index in [4.69, 9.17) is 0 Å². The normalized spacial score (nSPS) is 16.0. The van der Waals surface area contributed by atoms with Crippen LogP contribution >= 0.6 is 23.1 Å². The highest BCUT2D eigenvalue weighted by Crippen LogP contribution is 2.46. The van der Waals surface area contributed by atoms with Crippen LogP contribution in [0.2, 0.25) is 0 Å². The van der Waals surface area contributed by atoms with Gasteiger partial charge in [-0.2, -0.15) is 4.57 Å². The predicted molar refractivity (Wildman–Crippen MR) is 113 cm³/mol. The molecule has 4 nitrogen and oxygen atoms in total. The molecule has 3 heterocycles. The van der Waals surface area contributed by atoms with Crippen molar-refractivity contribution in [3.63, 3.8) is 0 Å². The number of nitrogens with zero attached hydrogens (tertiary/aromatic N) is 3. The maximum atomic E-state index is 14.2. The zero-order valence-corrected chi connectivity index (χ0v) is 17.6. The number of thioether (sulfide) groups is 1. The van der Waals surface area contributed by atoms with Crippen LogP contribution in [-0.4, -0.2) is 11.6 Å². The minimum absolute atomic E-state index is 0.0275. The third-order valence-electron chi connectivity index (χ3n) is 4.82. The van der Waals surface area contributed by atoms with Gasteiger partial charge in [0.1, 0.15) is 26.6 Å². The highest BCUT2D eigenvalue weighted by Gasteiger charge is 2.27. The van der Waals surface area contributed by atoms with E-state index >= 15 is 0 Å². The standard InChI is InChI=1S/C21H21FN3OS2/c1-4-24-12-7-6-9-14(24)13-17-25(5-2)20(26)19(27-17)21-23(3)16-11-8-10-15(22)18(16)28-21/h6-13H,4-5H2,1-3H3/q+1/b21-19+. The first-order valence-corrected chi connectivity index (χ1v) is 10.8. The van der Waals surface area contributed by atoms with Gasteiger partial charge in [-0.3, -0.25) is 9.36 Å². The quantitative estimate of drug-likeness (QED) is 0.617. The van der Waals surface area contributed by atoms with Crippen molar-refractivity contribution in [2.45, 2.75) is 31.8 Å². The van der Waals surface area contributed by atoms with Crippen molar-refractivity contribution in [3.05, 3.63) is 73.7 Å². The van der Waals surface area contributed by atoms with E-state index in [1.54, 1.807) is 10.6 Å². The topological polar surface area (TPSA) is 29.1 Å². The molecule has 0 bridgehead atoms. The first kappa shape index (κ1) is 19.0. The van der Waals surface area contributed by atoms with Gasteiger partial charge in [0.25, 0.3) is 5.56 Å². The summed E-state index contributed by atoms with van der Waals surface area (Å²) in [5, 5.41) is 0.786. The summed E-state index contributed by atoms with van der Waals surface area (Å²) < 4.78 is 19.7. The molecule has 0 aliphatic carbocycles. The van der Waals surface area contributed by atoms with Gasteiger partial charge < -0.3 is 4.90 Å². The van der Waals surface area contributed by atoms with Gasteiger partial charge in [0, 0.05) is 31.8 Å². The molecule has 1 aromatic carbocycles. The number of rotatable bonds is 3. The van der Waals surface area contributed by atoms with Crippen LogP contribution < -0.4 is 24.2 Å². The van der Waals surface area contributed by atoms with E-state index in [0.29, 0.717) is 16.0 Å². The molecule has 0 radical (unpaired) electrons. The van der Waals surface area contributed by atoms with E-state index in [0.717, 1.165) is 27.6 Å². The van der Waals surface area contributed by atoms with Crippen LogP contribution in [0.15, 0.2) is 52.3 Å². The molecule has 1 aliphatic rings. The Kier molecular flexibility index (Phi) is 5.12. The molecule has 3 aromatic rings. The Balaban J connectivity index is 1.95. The number of pyridine rings is 1. The molecule has 0 atom stereocenters. The molecule has 7 heteroatoms. The van der Waals surface area contributed by atoms with Gasteiger partial charge in [0.2, 0.25) is 5.69 Å². The minimum Gasteiger partial charge on any atom is -0.337 e. The lowest BCUT2D eigenvalue weighted by Gasteiger charge is -2.11. The number of fused-ring (bicyclic) bond motifs is 1. The second-order valence-corrected chi connectivity index (χ2v) is 8.46. The number of anilines is 1. The van der Waals surface area contributed by atoms with Crippen LogP contribution in [0.5, 0.6) is 0 Å². The average Bonchev–Trinajstić information content (AvgIpc) is 3.20. The molecule has 2 aromatic heterocycles. The third kappa shape index (κ3) is 3.08. The van der Waals surface area contributed by atoms with Crippen molar-refractivity contribution >= 4 is 39.9 Å². The summed E-state index contributed by atoms with van der Waals surface area (Å²) >= 11 is 2.79. The van der Waals surface area contributed by atoms with Crippen molar-refractivity contribution in [2.75, 3.05) is 11.9 Å². The highest BCUT2D eigenvalue weighted by molar-refractivity contribution is 8.08. The Morgan fingerprint density at radius 1 is 1.18 bits per heavy atom. The predicted octanol–water partition coefficient (Wildman–Crippen LogP) is 2.51. The summed E-state index contributed by atoms with van der Waals surface area (Å²) in [5.41, 5.74) is 1.82. The molecule has 0 spiro atoms. The molecule has 1 aliphatic heterocycles. The van der Waals surface area contributed by atoms with Gasteiger partial charge >= 0.3 is 0 Å². The zero-order chi connectivity index (χ0) is 19.8. The van der Waals surface area contributed by atoms with E-state index in [9.17, 15) is 9.18 Å². The fourth-order valence-electron chi connectivity index (χ4n) is 3.34. The van der Waals surface area contributed by atoms with Crippen LogP contribution in [0.25, 0.3) is 11.1 Å². The minimum atomic E-state index is -0.253. The molecule has 0 amide bonds. The van der Waals surface area contributed by atoms with E-state index in [1.165, 1.54) is 29.2 Å². The summed E-state index contributed by atoms with van der Waals surface area (Å²) in [7, 11) is 1.88. The smallest absolute Gasteiger partial charge is 0.271 e. The number of halogens is 1. The Morgan fingerprint density at radius 2 is 2.00 bits per heavy atom. The van der Waals surface area contributed by atoms with Crippen LogP contribution in [0.4, 0.5) is 10.1 Å². The maximum absolute atomic E-state index is 14.2. The fraction of sp³-hybridized carbons (Fsp3) is 0.238. The molecule has 0 N–H and O–H groups in total. The second-order valence-electron chi connectivity index (χ2n) is 6.43. The van der Waals surface area contributed by atoms with E-state index < -0.39 is 0 Å². The molecular formula is C21H21FN3OS2+. The van der Waals surface area contributed by atoms with E-state index in [2.05, 4.69) is 17.6 Å². The van der Waals surface area contributed by atoms with Gasteiger partial charge in [-0.25, -0.2) is 4.39 Å². The lowest BCUT2D eigenvalue weighted by Crippen LogP contribution is -2.36. The lowest BCUT2D eigenvalue weighted by molar-refractivity contribution is -0.695. The summed E-state index contributed by atoms with van der Waals surface area (Å²) in [5.74, 6) is -0.253.